The van der Waals surface area contributed by atoms with E-state index >= 15 is 0 Å². The van der Waals surface area contributed by atoms with Crippen LogP contribution in [0.5, 0.6) is 0 Å². The van der Waals surface area contributed by atoms with Crippen LogP contribution in [0.1, 0.15) is 21.6 Å². The van der Waals surface area contributed by atoms with Crippen LogP contribution < -0.4 is 5.32 Å². The first-order valence-electron chi connectivity index (χ1n) is 10.3. The lowest BCUT2D eigenvalue weighted by atomic mass is 10.2. The molecule has 0 aliphatic rings. The highest BCUT2D eigenvalue weighted by atomic mass is 19.1. The number of para-hydroxylation sites is 2. The van der Waals surface area contributed by atoms with Gasteiger partial charge in [0.05, 0.1) is 23.3 Å². The molecule has 164 valence electrons. The van der Waals surface area contributed by atoms with Gasteiger partial charge in [-0.15, -0.1) is 0 Å². The number of hydrogen-bond acceptors (Lipinski definition) is 3. The molecule has 0 aliphatic carbocycles. The maximum atomic E-state index is 14.4. The van der Waals surface area contributed by atoms with Crippen LogP contribution in [0, 0.1) is 18.6 Å². The van der Waals surface area contributed by atoms with Crippen molar-refractivity contribution in [3.05, 3.63) is 107 Å². The Morgan fingerprint density at radius 1 is 0.970 bits per heavy atom. The highest BCUT2D eigenvalue weighted by molar-refractivity contribution is 6.04. The summed E-state index contributed by atoms with van der Waals surface area (Å²) >= 11 is 0. The quantitative estimate of drug-likeness (QED) is 0.411. The third-order valence-corrected chi connectivity index (χ3v) is 5.29. The Hall–Kier alpha value is -4.33. The number of hydrogen-bond donors (Lipinski definition) is 1. The molecule has 1 amide bonds. The Bertz CT molecular complexity index is 1470. The third-order valence-electron chi connectivity index (χ3n) is 5.29. The summed E-state index contributed by atoms with van der Waals surface area (Å²) < 4.78 is 31.1. The standard InChI is InChI=1S/C25H19F2N5O/c1-16-14-23(29-24(33)17-10-12-19(26)13-11-17)32(30-16)25-28-21-8-4-5-9-22(21)31(25)15-18-6-2-3-7-20(18)27/h2-14H,15H2,1H3,(H,29,33). The molecular formula is C25H19F2N5O. The zero-order chi connectivity index (χ0) is 22.9. The molecule has 2 aromatic heterocycles. The smallest absolute Gasteiger partial charge is 0.256 e. The summed E-state index contributed by atoms with van der Waals surface area (Å²) in [4.78, 5) is 17.5. The fraction of sp³-hybridized carbons (Fsp3) is 0.0800. The van der Waals surface area contributed by atoms with E-state index in [-0.39, 0.29) is 12.4 Å². The number of halogens is 2. The Labute approximate surface area is 188 Å². The van der Waals surface area contributed by atoms with Gasteiger partial charge >= 0.3 is 0 Å². The number of aromatic nitrogens is 4. The van der Waals surface area contributed by atoms with Crippen LogP contribution in [0.2, 0.25) is 0 Å². The van der Waals surface area contributed by atoms with Gasteiger partial charge in [0, 0.05) is 17.2 Å². The number of carbonyl (C=O) groups is 1. The number of anilines is 1. The highest BCUT2D eigenvalue weighted by Gasteiger charge is 2.19. The summed E-state index contributed by atoms with van der Waals surface area (Å²) in [6, 6.07) is 21.1. The lowest BCUT2D eigenvalue weighted by molar-refractivity contribution is 0.102. The number of aryl methyl sites for hydroxylation is 1. The monoisotopic (exact) mass is 443 g/mol. The first-order chi connectivity index (χ1) is 16.0. The zero-order valence-electron chi connectivity index (χ0n) is 17.7. The van der Waals surface area contributed by atoms with E-state index in [1.165, 1.54) is 35.0 Å². The number of imidazole rings is 1. The molecule has 0 radical (unpaired) electrons. The number of amides is 1. The van der Waals surface area contributed by atoms with E-state index in [2.05, 4.69) is 10.4 Å². The van der Waals surface area contributed by atoms with E-state index in [0.29, 0.717) is 34.1 Å². The van der Waals surface area contributed by atoms with Crippen LogP contribution in [0.25, 0.3) is 17.0 Å². The van der Waals surface area contributed by atoms with Crippen LogP contribution in [-0.2, 0) is 6.54 Å². The number of nitrogens with one attached hydrogen (secondary N) is 1. The van der Waals surface area contributed by atoms with Crippen LogP contribution in [0.3, 0.4) is 0 Å². The molecule has 8 heteroatoms. The van der Waals surface area contributed by atoms with Crippen LogP contribution in [-0.4, -0.2) is 25.2 Å². The van der Waals surface area contributed by atoms with E-state index in [0.717, 1.165) is 5.52 Å². The van der Waals surface area contributed by atoms with Gasteiger partial charge < -0.3 is 9.88 Å². The molecule has 0 spiro atoms. The molecule has 0 unspecified atom stereocenters. The molecule has 3 aromatic carbocycles. The maximum absolute atomic E-state index is 14.4. The van der Waals surface area contributed by atoms with E-state index in [1.54, 1.807) is 31.2 Å². The van der Waals surface area contributed by atoms with Crippen molar-refractivity contribution in [1.29, 1.82) is 0 Å². The second-order valence-corrected chi connectivity index (χ2v) is 7.62. The summed E-state index contributed by atoms with van der Waals surface area (Å²) in [5.41, 5.74) is 2.99. The highest BCUT2D eigenvalue weighted by Crippen LogP contribution is 2.24. The topological polar surface area (TPSA) is 64.7 Å². The van der Waals surface area contributed by atoms with Gasteiger partial charge in [0.25, 0.3) is 5.91 Å². The maximum Gasteiger partial charge on any atom is 0.256 e. The van der Waals surface area contributed by atoms with E-state index in [4.69, 9.17) is 4.98 Å². The van der Waals surface area contributed by atoms with Crippen LogP contribution >= 0.6 is 0 Å². The summed E-state index contributed by atoms with van der Waals surface area (Å²) in [5.74, 6) is -0.321. The van der Waals surface area contributed by atoms with Crippen molar-refractivity contribution in [2.45, 2.75) is 13.5 Å². The normalized spacial score (nSPS) is 11.1. The van der Waals surface area contributed by atoms with Crippen LogP contribution in [0.15, 0.2) is 78.9 Å². The van der Waals surface area contributed by atoms with E-state index < -0.39 is 11.7 Å². The molecule has 1 N–H and O–H groups in total. The minimum Gasteiger partial charge on any atom is -0.306 e. The predicted molar refractivity (Wildman–Crippen MR) is 121 cm³/mol. The predicted octanol–water partition coefficient (Wildman–Crippen LogP) is 5.11. The summed E-state index contributed by atoms with van der Waals surface area (Å²) in [5, 5.41) is 7.35. The fourth-order valence-electron chi connectivity index (χ4n) is 3.71. The average Bonchev–Trinajstić information content (AvgIpc) is 3.35. The summed E-state index contributed by atoms with van der Waals surface area (Å²) in [6.45, 7) is 2.03. The average molecular weight is 443 g/mol. The van der Waals surface area contributed by atoms with Gasteiger partial charge in [0.1, 0.15) is 17.5 Å². The Morgan fingerprint density at radius 3 is 2.48 bits per heavy atom. The minimum absolute atomic E-state index is 0.229. The molecule has 2 heterocycles. The van der Waals surface area contributed by atoms with Crippen molar-refractivity contribution < 1.29 is 13.6 Å². The van der Waals surface area contributed by atoms with Gasteiger partial charge in [-0.05, 0) is 49.4 Å². The number of benzene rings is 3. The first-order valence-corrected chi connectivity index (χ1v) is 10.3. The second-order valence-electron chi connectivity index (χ2n) is 7.62. The van der Waals surface area contributed by atoms with Crippen molar-refractivity contribution in [3.63, 3.8) is 0 Å². The molecule has 6 nitrogen and oxygen atoms in total. The largest absolute Gasteiger partial charge is 0.306 e. The molecule has 0 atom stereocenters. The molecule has 0 saturated carbocycles. The van der Waals surface area contributed by atoms with Gasteiger partial charge in [-0.1, -0.05) is 30.3 Å². The lowest BCUT2D eigenvalue weighted by Gasteiger charge is -2.12. The molecule has 33 heavy (non-hydrogen) atoms. The molecule has 0 aliphatic heterocycles. The van der Waals surface area contributed by atoms with Gasteiger partial charge in [0.2, 0.25) is 5.95 Å². The number of fused-ring (bicyclic) bond motifs is 1. The summed E-state index contributed by atoms with van der Waals surface area (Å²) in [7, 11) is 0. The van der Waals surface area contributed by atoms with Crippen LogP contribution in [0.4, 0.5) is 14.6 Å². The number of nitrogens with zero attached hydrogens (tertiary/aromatic N) is 4. The van der Waals surface area contributed by atoms with Crippen molar-refractivity contribution in [3.8, 4) is 5.95 Å². The van der Waals surface area contributed by atoms with Gasteiger partial charge in [-0.3, -0.25) is 4.79 Å². The zero-order valence-corrected chi connectivity index (χ0v) is 17.7. The number of carbonyl (C=O) groups excluding carboxylic acids is 1. The first kappa shape index (κ1) is 20.6. The Balaban J connectivity index is 1.59. The lowest BCUT2D eigenvalue weighted by Crippen LogP contribution is -2.17. The molecule has 5 aromatic rings. The molecule has 0 bridgehead atoms. The van der Waals surface area contributed by atoms with Gasteiger partial charge in [0.15, 0.2) is 0 Å². The molecule has 5 rings (SSSR count). The van der Waals surface area contributed by atoms with Crippen molar-refractivity contribution in [1.82, 2.24) is 19.3 Å². The number of rotatable bonds is 5. The summed E-state index contributed by atoms with van der Waals surface area (Å²) in [6.07, 6.45) is 0. The van der Waals surface area contributed by atoms with Crippen molar-refractivity contribution in [2.24, 2.45) is 0 Å². The molecule has 0 saturated heterocycles. The second kappa shape index (κ2) is 8.31. The van der Waals surface area contributed by atoms with E-state index in [9.17, 15) is 13.6 Å². The Kier molecular flexibility index (Phi) is 5.18. The van der Waals surface area contributed by atoms with Gasteiger partial charge in [-0.2, -0.15) is 9.78 Å². The molecular weight excluding hydrogens is 424 g/mol. The van der Waals surface area contributed by atoms with E-state index in [1.807, 2.05) is 28.8 Å². The van der Waals surface area contributed by atoms with Crippen molar-refractivity contribution in [2.75, 3.05) is 5.32 Å². The van der Waals surface area contributed by atoms with Gasteiger partial charge in [-0.25, -0.2) is 13.8 Å². The fourth-order valence-corrected chi connectivity index (χ4v) is 3.71. The minimum atomic E-state index is -0.422. The SMILES string of the molecule is Cc1cc(NC(=O)c2ccc(F)cc2)n(-c2nc3ccccc3n2Cc2ccccc2F)n1. The Morgan fingerprint density at radius 2 is 1.70 bits per heavy atom. The third kappa shape index (κ3) is 3.98. The van der Waals surface area contributed by atoms with Crippen molar-refractivity contribution >= 4 is 22.8 Å². The molecule has 0 fully saturated rings.